The molecule has 0 atom stereocenters. The molecule has 2 aromatic carbocycles. The van der Waals surface area contributed by atoms with E-state index < -0.39 is 23.2 Å². The van der Waals surface area contributed by atoms with Crippen molar-refractivity contribution in [2.24, 2.45) is 0 Å². The summed E-state index contributed by atoms with van der Waals surface area (Å²) in [5.74, 6) is 0.334. The fraction of sp³-hybridized carbons (Fsp3) is 0.364. The minimum absolute atomic E-state index is 0.0116. The minimum atomic E-state index is -4.64. The normalized spacial score (nSPS) is 16.9. The molecule has 2 aliphatic rings. The highest BCUT2D eigenvalue weighted by Crippen LogP contribution is 2.48. The molecule has 10 heteroatoms. The molecule has 3 heterocycles. The molecule has 0 saturated carbocycles. The van der Waals surface area contributed by atoms with Crippen molar-refractivity contribution in [3.8, 4) is 11.1 Å². The van der Waals surface area contributed by atoms with Crippen LogP contribution in [-0.2, 0) is 12.7 Å². The van der Waals surface area contributed by atoms with Crippen LogP contribution in [-0.4, -0.2) is 41.5 Å². The van der Waals surface area contributed by atoms with Crippen LogP contribution in [0.25, 0.3) is 22.0 Å². The Labute approximate surface area is 185 Å². The maximum atomic E-state index is 14.3. The van der Waals surface area contributed by atoms with Crippen molar-refractivity contribution in [3.63, 3.8) is 0 Å². The van der Waals surface area contributed by atoms with Crippen molar-refractivity contribution in [2.75, 3.05) is 36.8 Å². The van der Waals surface area contributed by atoms with Gasteiger partial charge in [0.2, 0.25) is 0 Å². The Balaban J connectivity index is 1.91. The van der Waals surface area contributed by atoms with E-state index in [0.29, 0.717) is 66.5 Å². The highest BCUT2D eigenvalue weighted by molar-refractivity contribution is 7.99. The summed E-state index contributed by atoms with van der Waals surface area (Å²) in [5, 5.41) is 3.53. The van der Waals surface area contributed by atoms with Gasteiger partial charge in [-0.2, -0.15) is 18.2 Å². The highest BCUT2D eigenvalue weighted by Gasteiger charge is 2.37. The predicted octanol–water partition coefficient (Wildman–Crippen LogP) is 4.13. The summed E-state index contributed by atoms with van der Waals surface area (Å²) in [7, 11) is 0. The van der Waals surface area contributed by atoms with Crippen molar-refractivity contribution in [3.05, 3.63) is 52.2 Å². The molecule has 2 aliphatic heterocycles. The SMILES string of the molecule is O=c1nc(N2CCNCC2)c2cc(C(F)(F)F)c(-c3ccc(F)cc3)c3c2n1CCCS3. The lowest BCUT2D eigenvalue weighted by Crippen LogP contribution is -2.44. The highest BCUT2D eigenvalue weighted by atomic mass is 32.2. The van der Waals surface area contributed by atoms with Crippen LogP contribution in [0, 0.1) is 5.82 Å². The van der Waals surface area contributed by atoms with Crippen LogP contribution in [0.3, 0.4) is 0 Å². The standard InChI is InChI=1S/C22H20F4N4OS/c23-14-4-2-13(3-5-14)17-16(22(24,25)26)12-15-18-19(17)32-11-1-8-30(18)21(31)28-20(15)29-9-6-27-7-10-29/h2-5,12,27H,1,6-11H2. The molecule has 5 rings (SSSR count). The summed E-state index contributed by atoms with van der Waals surface area (Å²) in [6.07, 6.45) is -4.00. The maximum Gasteiger partial charge on any atom is 0.417 e. The van der Waals surface area contributed by atoms with Gasteiger partial charge >= 0.3 is 11.9 Å². The number of benzene rings is 2. The summed E-state index contributed by atoms with van der Waals surface area (Å²) in [6.45, 7) is 2.81. The first-order valence-electron chi connectivity index (χ1n) is 10.4. The van der Waals surface area contributed by atoms with E-state index in [1.165, 1.54) is 28.5 Å². The Bertz CT molecular complexity index is 1230. The number of alkyl halides is 3. The summed E-state index contributed by atoms with van der Waals surface area (Å²) >= 11 is 1.31. The monoisotopic (exact) mass is 464 g/mol. The Kier molecular flexibility index (Phi) is 5.37. The zero-order valence-corrected chi connectivity index (χ0v) is 17.8. The number of nitrogens with zero attached hydrogens (tertiary/aromatic N) is 3. The van der Waals surface area contributed by atoms with Crippen LogP contribution in [0.5, 0.6) is 0 Å². The molecule has 0 radical (unpaired) electrons. The van der Waals surface area contributed by atoms with Gasteiger partial charge in [0.15, 0.2) is 0 Å². The van der Waals surface area contributed by atoms with E-state index in [1.807, 2.05) is 4.90 Å². The van der Waals surface area contributed by atoms with E-state index in [0.717, 1.165) is 18.2 Å². The smallest absolute Gasteiger partial charge is 0.353 e. The van der Waals surface area contributed by atoms with E-state index in [1.54, 1.807) is 0 Å². The van der Waals surface area contributed by atoms with Crippen molar-refractivity contribution < 1.29 is 17.6 Å². The van der Waals surface area contributed by atoms with Gasteiger partial charge in [0.25, 0.3) is 0 Å². The largest absolute Gasteiger partial charge is 0.417 e. The van der Waals surface area contributed by atoms with Crippen molar-refractivity contribution in [1.82, 2.24) is 14.9 Å². The average Bonchev–Trinajstić information content (AvgIpc) is 3.00. The van der Waals surface area contributed by atoms with Gasteiger partial charge in [-0.3, -0.25) is 4.57 Å². The molecule has 32 heavy (non-hydrogen) atoms. The van der Waals surface area contributed by atoms with Gasteiger partial charge in [0.05, 0.1) is 11.1 Å². The molecule has 0 bridgehead atoms. The fourth-order valence-electron chi connectivity index (χ4n) is 4.38. The van der Waals surface area contributed by atoms with Crippen LogP contribution in [0.2, 0.25) is 0 Å². The van der Waals surface area contributed by atoms with Gasteiger partial charge in [-0.05, 0) is 35.9 Å². The molecule has 1 aromatic heterocycles. The van der Waals surface area contributed by atoms with Crippen molar-refractivity contribution in [1.29, 1.82) is 0 Å². The summed E-state index contributed by atoms with van der Waals surface area (Å²) < 4.78 is 58.0. The summed E-state index contributed by atoms with van der Waals surface area (Å²) in [4.78, 5) is 19.5. The quantitative estimate of drug-likeness (QED) is 0.578. The average molecular weight is 464 g/mol. The van der Waals surface area contributed by atoms with Gasteiger partial charge < -0.3 is 10.2 Å². The molecule has 1 N–H and O–H groups in total. The van der Waals surface area contributed by atoms with Crippen molar-refractivity contribution in [2.45, 2.75) is 24.0 Å². The van der Waals surface area contributed by atoms with Crippen LogP contribution in [0.4, 0.5) is 23.4 Å². The topological polar surface area (TPSA) is 50.2 Å². The van der Waals surface area contributed by atoms with Gasteiger partial charge in [0, 0.05) is 48.6 Å². The first-order valence-corrected chi connectivity index (χ1v) is 11.4. The van der Waals surface area contributed by atoms with Gasteiger partial charge in [-0.15, -0.1) is 11.8 Å². The lowest BCUT2D eigenvalue weighted by Gasteiger charge is -2.30. The van der Waals surface area contributed by atoms with Gasteiger partial charge in [-0.1, -0.05) is 12.1 Å². The van der Waals surface area contributed by atoms with E-state index >= 15 is 0 Å². The molecule has 3 aromatic rings. The Morgan fingerprint density at radius 1 is 1.06 bits per heavy atom. The zero-order chi connectivity index (χ0) is 22.5. The number of hydrogen-bond acceptors (Lipinski definition) is 5. The van der Waals surface area contributed by atoms with E-state index in [9.17, 15) is 22.4 Å². The lowest BCUT2D eigenvalue weighted by atomic mass is 9.96. The maximum absolute atomic E-state index is 14.3. The third kappa shape index (κ3) is 3.65. The van der Waals surface area contributed by atoms with Gasteiger partial charge in [-0.25, -0.2) is 9.18 Å². The van der Waals surface area contributed by atoms with E-state index in [4.69, 9.17) is 0 Å². The van der Waals surface area contributed by atoms with E-state index in [2.05, 4.69) is 10.3 Å². The molecule has 168 valence electrons. The first kappa shape index (κ1) is 21.3. The number of rotatable bonds is 2. The van der Waals surface area contributed by atoms with Crippen molar-refractivity contribution >= 4 is 28.5 Å². The van der Waals surface area contributed by atoms with Crippen LogP contribution < -0.4 is 15.9 Å². The number of nitrogens with one attached hydrogen (secondary N) is 1. The Morgan fingerprint density at radius 3 is 2.47 bits per heavy atom. The molecule has 5 nitrogen and oxygen atoms in total. The van der Waals surface area contributed by atoms with Gasteiger partial charge in [0.1, 0.15) is 11.6 Å². The number of halogens is 4. The molecule has 0 unspecified atom stereocenters. The Morgan fingerprint density at radius 2 is 1.78 bits per heavy atom. The molecular formula is C22H20F4N4OS. The zero-order valence-electron chi connectivity index (χ0n) is 17.0. The third-order valence-corrected chi connectivity index (χ3v) is 7.00. The molecule has 0 spiro atoms. The first-order chi connectivity index (χ1) is 15.3. The predicted molar refractivity (Wildman–Crippen MR) is 117 cm³/mol. The number of aromatic nitrogens is 2. The number of anilines is 1. The minimum Gasteiger partial charge on any atom is -0.353 e. The number of thioether (sulfide) groups is 1. The summed E-state index contributed by atoms with van der Waals surface area (Å²) in [5.41, 5.74) is -0.524. The second kappa shape index (κ2) is 8.08. The van der Waals surface area contributed by atoms with Crippen LogP contribution in [0.1, 0.15) is 12.0 Å². The van der Waals surface area contributed by atoms with E-state index in [-0.39, 0.29) is 11.1 Å². The molecule has 1 fully saturated rings. The third-order valence-electron chi connectivity index (χ3n) is 5.83. The molecule has 1 saturated heterocycles. The second-order valence-corrected chi connectivity index (χ2v) is 8.94. The second-order valence-electron chi connectivity index (χ2n) is 7.84. The molecule has 0 amide bonds. The Hall–Kier alpha value is -2.59. The molecular weight excluding hydrogens is 444 g/mol. The van der Waals surface area contributed by atoms with Crippen LogP contribution in [0.15, 0.2) is 40.0 Å². The lowest BCUT2D eigenvalue weighted by molar-refractivity contribution is -0.137. The summed E-state index contributed by atoms with van der Waals surface area (Å²) in [6, 6.07) is 6.13. The number of aryl methyl sites for hydroxylation is 1. The fourth-order valence-corrected chi connectivity index (χ4v) is 5.59. The number of hydrogen-bond donors (Lipinski definition) is 1. The van der Waals surface area contributed by atoms with Crippen LogP contribution >= 0.6 is 11.8 Å². The molecule has 0 aliphatic carbocycles. The number of piperazine rings is 1.